The molecule has 34 heavy (non-hydrogen) atoms. The number of hydrogen-bond acceptors (Lipinski definition) is 6. The van der Waals surface area contributed by atoms with E-state index in [-0.39, 0.29) is 11.6 Å². The molecular weight excluding hydrogens is 459 g/mol. The summed E-state index contributed by atoms with van der Waals surface area (Å²) >= 11 is 1.48. The van der Waals surface area contributed by atoms with Gasteiger partial charge in [-0.2, -0.15) is 0 Å². The SMILES string of the molecule is COC(C)(C)C1c2sc(-c3nc4c(C(N)=O)cc(F)cc4[nH]3)cc2CCN1C(=O)OC(C)(C)C. The van der Waals surface area contributed by atoms with Crippen molar-refractivity contribution in [2.24, 2.45) is 5.73 Å². The number of hydrogen-bond donors (Lipinski definition) is 2. The molecule has 0 bridgehead atoms. The molecule has 3 N–H and O–H groups in total. The Morgan fingerprint density at radius 2 is 1.94 bits per heavy atom. The van der Waals surface area contributed by atoms with Gasteiger partial charge in [-0.3, -0.25) is 9.69 Å². The number of amides is 2. The van der Waals surface area contributed by atoms with E-state index in [1.54, 1.807) is 12.0 Å². The quantitative estimate of drug-likeness (QED) is 0.549. The highest BCUT2D eigenvalue weighted by atomic mass is 32.1. The first kappa shape index (κ1) is 24.2. The number of thiophene rings is 1. The number of ether oxygens (including phenoxy) is 2. The monoisotopic (exact) mass is 488 g/mol. The van der Waals surface area contributed by atoms with E-state index >= 15 is 0 Å². The van der Waals surface area contributed by atoms with Crippen LogP contribution in [0.2, 0.25) is 0 Å². The minimum atomic E-state index is -0.747. The summed E-state index contributed by atoms with van der Waals surface area (Å²) in [5.74, 6) is -0.819. The molecule has 182 valence electrons. The zero-order valence-corrected chi connectivity index (χ0v) is 20.9. The van der Waals surface area contributed by atoms with E-state index in [1.807, 2.05) is 40.7 Å². The highest BCUT2D eigenvalue weighted by molar-refractivity contribution is 7.15. The molecule has 3 heterocycles. The van der Waals surface area contributed by atoms with Crippen LogP contribution in [0.3, 0.4) is 0 Å². The van der Waals surface area contributed by atoms with Gasteiger partial charge in [-0.05, 0) is 64.8 Å². The smallest absolute Gasteiger partial charge is 0.410 e. The number of methoxy groups -OCH3 is 1. The summed E-state index contributed by atoms with van der Waals surface area (Å²) in [6.07, 6.45) is 0.247. The fraction of sp³-hybridized carbons (Fsp3) is 0.458. The molecule has 0 aliphatic carbocycles. The van der Waals surface area contributed by atoms with Crippen LogP contribution in [0.4, 0.5) is 9.18 Å². The standard InChI is InChI=1S/C24H29FN4O4S/c1-23(2,3)33-22(31)29-8-7-12-9-16(34-18(12)19(29)24(4,5)32-6)21-27-15-11-13(25)10-14(20(26)30)17(15)28-21/h9-11,19H,7-8H2,1-6H3,(H2,26,30)(H,27,28). The minimum Gasteiger partial charge on any atom is -0.444 e. The van der Waals surface area contributed by atoms with Gasteiger partial charge < -0.3 is 20.2 Å². The van der Waals surface area contributed by atoms with E-state index in [1.165, 1.54) is 17.4 Å². The third-order valence-corrected chi connectivity index (χ3v) is 7.12. The number of imidazole rings is 1. The lowest BCUT2D eigenvalue weighted by molar-refractivity contribution is -0.0638. The molecule has 1 unspecified atom stereocenters. The first-order valence-corrected chi connectivity index (χ1v) is 11.8. The summed E-state index contributed by atoms with van der Waals surface area (Å²) in [7, 11) is 1.62. The molecule has 0 fully saturated rings. The Hall–Kier alpha value is -2.98. The lowest BCUT2D eigenvalue weighted by Gasteiger charge is -2.43. The molecule has 0 radical (unpaired) electrons. The van der Waals surface area contributed by atoms with Crippen molar-refractivity contribution in [3.05, 3.63) is 40.0 Å². The van der Waals surface area contributed by atoms with Gasteiger partial charge >= 0.3 is 6.09 Å². The summed E-state index contributed by atoms with van der Waals surface area (Å²) in [5.41, 5.74) is 5.92. The van der Waals surface area contributed by atoms with Crippen molar-refractivity contribution in [3.63, 3.8) is 0 Å². The number of carbonyl (C=O) groups excluding carboxylic acids is 2. The molecule has 0 spiro atoms. The topological polar surface area (TPSA) is 111 Å². The number of nitrogens with two attached hydrogens (primary N) is 1. The predicted molar refractivity (Wildman–Crippen MR) is 128 cm³/mol. The highest BCUT2D eigenvalue weighted by Gasteiger charge is 2.44. The van der Waals surface area contributed by atoms with Crippen molar-refractivity contribution in [2.75, 3.05) is 13.7 Å². The molecule has 1 aromatic carbocycles. The molecule has 2 amide bonds. The van der Waals surface area contributed by atoms with Gasteiger partial charge in [0.2, 0.25) is 0 Å². The van der Waals surface area contributed by atoms with Gasteiger partial charge in [-0.25, -0.2) is 14.2 Å². The van der Waals surface area contributed by atoms with Gasteiger partial charge in [-0.15, -0.1) is 11.3 Å². The molecule has 1 aliphatic rings. The van der Waals surface area contributed by atoms with Crippen molar-refractivity contribution < 1.29 is 23.5 Å². The van der Waals surface area contributed by atoms with Crippen molar-refractivity contribution >= 4 is 34.4 Å². The number of aromatic amines is 1. The second-order valence-corrected chi connectivity index (χ2v) is 11.0. The Balaban J connectivity index is 1.79. The second kappa shape index (κ2) is 8.35. The van der Waals surface area contributed by atoms with Crippen LogP contribution in [0.5, 0.6) is 0 Å². The number of aromatic nitrogens is 2. The van der Waals surface area contributed by atoms with Gasteiger partial charge in [-0.1, -0.05) is 0 Å². The second-order valence-electron chi connectivity index (χ2n) is 9.93. The third kappa shape index (κ3) is 4.39. The molecule has 0 saturated heterocycles. The van der Waals surface area contributed by atoms with Crippen LogP contribution >= 0.6 is 11.3 Å². The number of rotatable bonds is 4. The van der Waals surface area contributed by atoms with Crippen molar-refractivity contribution in [1.29, 1.82) is 0 Å². The highest BCUT2D eigenvalue weighted by Crippen LogP contribution is 2.46. The van der Waals surface area contributed by atoms with Crippen LogP contribution in [0.15, 0.2) is 18.2 Å². The third-order valence-electron chi connectivity index (χ3n) is 5.89. The average molecular weight is 489 g/mol. The molecule has 2 aromatic heterocycles. The number of carbonyl (C=O) groups is 2. The van der Waals surface area contributed by atoms with E-state index in [0.717, 1.165) is 21.4 Å². The number of fused-ring (bicyclic) bond motifs is 2. The Labute approximate surface area is 201 Å². The number of benzene rings is 1. The Morgan fingerprint density at radius 3 is 2.56 bits per heavy atom. The Morgan fingerprint density at radius 1 is 1.24 bits per heavy atom. The lowest BCUT2D eigenvalue weighted by atomic mass is 9.89. The van der Waals surface area contributed by atoms with Crippen LogP contribution in [0, 0.1) is 5.82 Å². The molecule has 8 nitrogen and oxygen atoms in total. The van der Waals surface area contributed by atoms with E-state index in [2.05, 4.69) is 9.97 Å². The largest absolute Gasteiger partial charge is 0.444 e. The van der Waals surface area contributed by atoms with Crippen molar-refractivity contribution in [2.45, 2.75) is 58.3 Å². The normalized spacial score (nSPS) is 16.6. The first-order valence-electron chi connectivity index (χ1n) is 11.0. The van der Waals surface area contributed by atoms with E-state index in [0.29, 0.717) is 29.8 Å². The molecular formula is C24H29FN4O4S. The van der Waals surface area contributed by atoms with Crippen LogP contribution in [-0.4, -0.2) is 51.7 Å². The van der Waals surface area contributed by atoms with Crippen LogP contribution < -0.4 is 5.73 Å². The fourth-order valence-corrected chi connectivity index (χ4v) is 5.65. The average Bonchev–Trinajstić information content (AvgIpc) is 3.34. The molecule has 0 saturated carbocycles. The maximum Gasteiger partial charge on any atom is 0.410 e. The number of primary amides is 1. The van der Waals surface area contributed by atoms with Crippen LogP contribution in [-0.2, 0) is 15.9 Å². The van der Waals surface area contributed by atoms with Gasteiger partial charge in [0.15, 0.2) is 0 Å². The van der Waals surface area contributed by atoms with Crippen molar-refractivity contribution in [1.82, 2.24) is 14.9 Å². The zero-order valence-electron chi connectivity index (χ0n) is 20.1. The number of H-pyrrole nitrogens is 1. The predicted octanol–water partition coefficient (Wildman–Crippen LogP) is 4.79. The molecule has 10 heteroatoms. The first-order chi connectivity index (χ1) is 15.8. The maximum atomic E-state index is 14.0. The van der Waals surface area contributed by atoms with E-state index in [9.17, 15) is 14.0 Å². The Kier molecular flexibility index (Phi) is 5.93. The van der Waals surface area contributed by atoms with Gasteiger partial charge in [0.1, 0.15) is 22.8 Å². The van der Waals surface area contributed by atoms with Crippen LogP contribution in [0.25, 0.3) is 21.7 Å². The fourth-order valence-electron chi connectivity index (χ4n) is 4.20. The molecule has 4 rings (SSSR count). The van der Waals surface area contributed by atoms with Gasteiger partial charge in [0.25, 0.3) is 5.91 Å². The van der Waals surface area contributed by atoms with E-state index < -0.39 is 29.0 Å². The lowest BCUT2D eigenvalue weighted by Crippen LogP contribution is -2.50. The van der Waals surface area contributed by atoms with Crippen molar-refractivity contribution in [3.8, 4) is 10.7 Å². The number of nitrogens with one attached hydrogen (secondary N) is 1. The minimum absolute atomic E-state index is 0.0216. The number of nitrogens with zero attached hydrogens (tertiary/aromatic N) is 2. The zero-order chi connectivity index (χ0) is 25.0. The van der Waals surface area contributed by atoms with E-state index in [4.69, 9.17) is 15.2 Å². The Bertz CT molecular complexity index is 1270. The van der Waals surface area contributed by atoms with Gasteiger partial charge in [0, 0.05) is 18.5 Å². The summed E-state index contributed by atoms with van der Waals surface area (Å²) < 4.78 is 25.5. The molecule has 1 atom stereocenters. The van der Waals surface area contributed by atoms with Crippen LogP contribution in [0.1, 0.15) is 61.5 Å². The molecule has 3 aromatic rings. The summed E-state index contributed by atoms with van der Waals surface area (Å²) in [5, 5.41) is 0. The summed E-state index contributed by atoms with van der Waals surface area (Å²) in [4.78, 5) is 36.0. The summed E-state index contributed by atoms with van der Waals surface area (Å²) in [6.45, 7) is 9.87. The molecule has 1 aliphatic heterocycles. The maximum absolute atomic E-state index is 14.0. The summed E-state index contributed by atoms with van der Waals surface area (Å²) in [6, 6.07) is 4.01. The number of halogens is 1. The van der Waals surface area contributed by atoms with Gasteiger partial charge in [0.05, 0.1) is 27.6 Å².